The monoisotopic (exact) mass is 346 g/mol. The molecule has 0 aliphatic heterocycles. The van der Waals surface area contributed by atoms with Crippen molar-refractivity contribution in [3.8, 4) is 0 Å². The Bertz CT molecular complexity index is 655. The summed E-state index contributed by atoms with van der Waals surface area (Å²) in [6.45, 7) is 5.17. The van der Waals surface area contributed by atoms with E-state index in [4.69, 9.17) is 5.73 Å². The number of carbonyl (C=O) groups is 1. The zero-order valence-electron chi connectivity index (χ0n) is 12.3. The fourth-order valence-corrected chi connectivity index (χ4v) is 2.63. The van der Waals surface area contributed by atoms with Crippen LogP contribution < -0.4 is 5.73 Å². The van der Waals surface area contributed by atoms with Crippen LogP contribution >= 0.6 is 15.9 Å². The molecule has 0 saturated heterocycles. The van der Waals surface area contributed by atoms with Crippen LogP contribution in [0, 0.1) is 6.92 Å². The molecule has 110 valence electrons. The molecule has 0 aromatic heterocycles. The topological polar surface area (TPSA) is 46.3 Å². The van der Waals surface area contributed by atoms with Crippen molar-refractivity contribution >= 4 is 27.5 Å². The molecule has 3 nitrogen and oxygen atoms in total. The zero-order chi connectivity index (χ0) is 15.4. The molecule has 0 fully saturated rings. The van der Waals surface area contributed by atoms with Gasteiger partial charge in [-0.3, -0.25) is 4.79 Å². The van der Waals surface area contributed by atoms with E-state index >= 15 is 0 Å². The molecule has 2 rings (SSSR count). The van der Waals surface area contributed by atoms with Crippen LogP contribution in [-0.4, -0.2) is 17.4 Å². The summed E-state index contributed by atoms with van der Waals surface area (Å²) >= 11 is 3.46. The maximum absolute atomic E-state index is 12.7. The van der Waals surface area contributed by atoms with Gasteiger partial charge >= 0.3 is 0 Å². The predicted octanol–water partition coefficient (Wildman–Crippen LogP) is 4.00. The minimum absolute atomic E-state index is 0.0236. The SMILES string of the molecule is CCN(Cc1cccc(N)c1)C(=O)c1cc(C)ccc1Br. The van der Waals surface area contributed by atoms with E-state index in [0.717, 1.165) is 15.6 Å². The smallest absolute Gasteiger partial charge is 0.255 e. The molecule has 0 unspecified atom stereocenters. The molecule has 2 aromatic carbocycles. The molecular formula is C17H19BrN2O. The summed E-state index contributed by atoms with van der Waals surface area (Å²) in [5.74, 6) is 0.0236. The lowest BCUT2D eigenvalue weighted by molar-refractivity contribution is 0.0751. The fourth-order valence-electron chi connectivity index (χ4n) is 2.21. The highest BCUT2D eigenvalue weighted by molar-refractivity contribution is 9.10. The van der Waals surface area contributed by atoms with Crippen molar-refractivity contribution in [3.05, 3.63) is 63.6 Å². The van der Waals surface area contributed by atoms with Gasteiger partial charge in [0.25, 0.3) is 5.91 Å². The maximum atomic E-state index is 12.7. The first-order valence-corrected chi connectivity index (χ1v) is 7.70. The number of halogens is 1. The Labute approximate surface area is 133 Å². The van der Waals surface area contributed by atoms with Gasteiger partial charge in [-0.1, -0.05) is 23.8 Å². The van der Waals surface area contributed by atoms with Gasteiger partial charge in [0.1, 0.15) is 0 Å². The highest BCUT2D eigenvalue weighted by atomic mass is 79.9. The Balaban J connectivity index is 2.24. The number of hydrogen-bond donors (Lipinski definition) is 1. The Morgan fingerprint density at radius 1 is 1.24 bits per heavy atom. The minimum Gasteiger partial charge on any atom is -0.399 e. The molecule has 0 spiro atoms. The number of aryl methyl sites for hydroxylation is 1. The van der Waals surface area contributed by atoms with Gasteiger partial charge in [-0.2, -0.15) is 0 Å². The number of nitrogens with zero attached hydrogens (tertiary/aromatic N) is 1. The molecule has 0 aliphatic carbocycles. The van der Waals surface area contributed by atoms with Crippen molar-refractivity contribution in [2.24, 2.45) is 0 Å². The first kappa shape index (κ1) is 15.6. The van der Waals surface area contributed by atoms with Gasteiger partial charge in [0.05, 0.1) is 5.56 Å². The van der Waals surface area contributed by atoms with Gasteiger partial charge in [0.15, 0.2) is 0 Å². The van der Waals surface area contributed by atoms with Crippen molar-refractivity contribution in [3.63, 3.8) is 0 Å². The lowest BCUT2D eigenvalue weighted by atomic mass is 10.1. The molecule has 0 heterocycles. The average molecular weight is 347 g/mol. The number of hydrogen-bond acceptors (Lipinski definition) is 2. The molecule has 0 aliphatic rings. The second kappa shape index (κ2) is 6.76. The number of nitrogen functional groups attached to an aromatic ring is 1. The van der Waals surface area contributed by atoms with Crippen LogP contribution in [-0.2, 0) is 6.54 Å². The summed E-state index contributed by atoms with van der Waals surface area (Å²) in [4.78, 5) is 14.5. The van der Waals surface area contributed by atoms with Crippen LogP contribution in [0.2, 0.25) is 0 Å². The van der Waals surface area contributed by atoms with E-state index in [2.05, 4.69) is 15.9 Å². The normalized spacial score (nSPS) is 10.4. The Morgan fingerprint density at radius 3 is 2.67 bits per heavy atom. The number of nitrogens with two attached hydrogens (primary N) is 1. The van der Waals surface area contributed by atoms with Gasteiger partial charge in [-0.05, 0) is 59.6 Å². The first-order valence-electron chi connectivity index (χ1n) is 6.91. The van der Waals surface area contributed by atoms with Gasteiger partial charge in [-0.25, -0.2) is 0 Å². The average Bonchev–Trinajstić information content (AvgIpc) is 2.46. The maximum Gasteiger partial charge on any atom is 0.255 e. The number of anilines is 1. The van der Waals surface area contributed by atoms with Crippen molar-refractivity contribution in [2.75, 3.05) is 12.3 Å². The molecule has 0 bridgehead atoms. The third-order valence-electron chi connectivity index (χ3n) is 3.35. The van der Waals surface area contributed by atoms with E-state index in [1.54, 1.807) is 0 Å². The largest absolute Gasteiger partial charge is 0.399 e. The fraction of sp³-hybridized carbons (Fsp3) is 0.235. The molecule has 21 heavy (non-hydrogen) atoms. The summed E-state index contributed by atoms with van der Waals surface area (Å²) in [5, 5.41) is 0. The lowest BCUT2D eigenvalue weighted by Crippen LogP contribution is -2.30. The predicted molar refractivity (Wildman–Crippen MR) is 90.1 cm³/mol. The van der Waals surface area contributed by atoms with Crippen molar-refractivity contribution < 1.29 is 4.79 Å². The van der Waals surface area contributed by atoms with E-state index in [9.17, 15) is 4.79 Å². The third kappa shape index (κ3) is 3.85. The van der Waals surface area contributed by atoms with Crippen LogP contribution in [0.5, 0.6) is 0 Å². The number of benzene rings is 2. The van der Waals surface area contributed by atoms with Crippen LogP contribution in [0.1, 0.15) is 28.4 Å². The van der Waals surface area contributed by atoms with Gasteiger partial charge in [0.2, 0.25) is 0 Å². The Morgan fingerprint density at radius 2 is 2.00 bits per heavy atom. The molecule has 2 N–H and O–H groups in total. The highest BCUT2D eigenvalue weighted by Gasteiger charge is 2.17. The number of amides is 1. The van der Waals surface area contributed by atoms with Crippen molar-refractivity contribution in [1.29, 1.82) is 0 Å². The number of carbonyl (C=O) groups excluding carboxylic acids is 1. The zero-order valence-corrected chi connectivity index (χ0v) is 13.9. The molecule has 0 radical (unpaired) electrons. The van der Waals surface area contributed by atoms with Crippen LogP contribution in [0.3, 0.4) is 0 Å². The van der Waals surface area contributed by atoms with Gasteiger partial charge in [-0.15, -0.1) is 0 Å². The minimum atomic E-state index is 0.0236. The van der Waals surface area contributed by atoms with E-state index in [1.165, 1.54) is 0 Å². The molecule has 4 heteroatoms. The highest BCUT2D eigenvalue weighted by Crippen LogP contribution is 2.21. The standard InChI is InChI=1S/C17H19BrN2O/c1-3-20(11-13-5-4-6-14(19)10-13)17(21)15-9-12(2)7-8-16(15)18/h4-10H,3,11,19H2,1-2H3. The molecule has 2 aromatic rings. The van der Waals surface area contributed by atoms with E-state index in [0.29, 0.717) is 24.3 Å². The van der Waals surface area contributed by atoms with Crippen LogP contribution in [0.15, 0.2) is 46.9 Å². The van der Waals surface area contributed by atoms with Crippen LogP contribution in [0.4, 0.5) is 5.69 Å². The Kier molecular flexibility index (Phi) is 5.02. The second-order valence-electron chi connectivity index (χ2n) is 5.05. The van der Waals surface area contributed by atoms with Crippen molar-refractivity contribution in [1.82, 2.24) is 4.90 Å². The first-order chi connectivity index (χ1) is 10.0. The molecule has 0 saturated carbocycles. The van der Waals surface area contributed by atoms with Crippen molar-refractivity contribution in [2.45, 2.75) is 20.4 Å². The number of rotatable bonds is 4. The van der Waals surface area contributed by atoms with E-state index < -0.39 is 0 Å². The van der Waals surface area contributed by atoms with E-state index in [-0.39, 0.29) is 5.91 Å². The molecular weight excluding hydrogens is 328 g/mol. The van der Waals surface area contributed by atoms with Gasteiger partial charge in [0, 0.05) is 23.2 Å². The van der Waals surface area contributed by atoms with Gasteiger partial charge < -0.3 is 10.6 Å². The summed E-state index contributed by atoms with van der Waals surface area (Å²) in [7, 11) is 0. The lowest BCUT2D eigenvalue weighted by Gasteiger charge is -2.22. The third-order valence-corrected chi connectivity index (χ3v) is 4.04. The van der Waals surface area contributed by atoms with E-state index in [1.807, 2.05) is 61.2 Å². The Hall–Kier alpha value is -1.81. The second-order valence-corrected chi connectivity index (χ2v) is 5.90. The molecule has 1 amide bonds. The quantitative estimate of drug-likeness (QED) is 0.850. The molecule has 0 atom stereocenters. The summed E-state index contributed by atoms with van der Waals surface area (Å²) in [6, 6.07) is 13.4. The summed E-state index contributed by atoms with van der Waals surface area (Å²) < 4.78 is 0.823. The summed E-state index contributed by atoms with van der Waals surface area (Å²) in [6.07, 6.45) is 0. The summed E-state index contributed by atoms with van der Waals surface area (Å²) in [5.41, 5.74) is 9.31. The van der Waals surface area contributed by atoms with Crippen LogP contribution in [0.25, 0.3) is 0 Å².